The summed E-state index contributed by atoms with van der Waals surface area (Å²) in [5.74, 6) is -1.27. The molecule has 0 spiro atoms. The number of thiophene rings is 2. The first kappa shape index (κ1) is 9.43. The molecule has 1 N–H and O–H groups in total. The predicted octanol–water partition coefficient (Wildman–Crippen LogP) is 3.03. The SMILES string of the molecule is O=C(O)C(c1cccs1)c1cccs1. The molecule has 2 aromatic rings. The van der Waals surface area contributed by atoms with E-state index in [0.29, 0.717) is 0 Å². The van der Waals surface area contributed by atoms with E-state index in [1.807, 2.05) is 35.0 Å². The van der Waals surface area contributed by atoms with Crippen LogP contribution in [0.15, 0.2) is 35.0 Å². The third kappa shape index (κ3) is 1.71. The van der Waals surface area contributed by atoms with Gasteiger partial charge in [-0.2, -0.15) is 0 Å². The van der Waals surface area contributed by atoms with Crippen molar-refractivity contribution >= 4 is 28.6 Å². The topological polar surface area (TPSA) is 37.3 Å². The molecule has 0 saturated carbocycles. The summed E-state index contributed by atoms with van der Waals surface area (Å²) in [4.78, 5) is 12.9. The Morgan fingerprint density at radius 2 is 1.64 bits per heavy atom. The second-order valence-corrected chi connectivity index (χ2v) is 4.76. The van der Waals surface area contributed by atoms with Gasteiger partial charge in [-0.25, -0.2) is 0 Å². The lowest BCUT2D eigenvalue weighted by Gasteiger charge is -2.06. The first-order valence-corrected chi connectivity index (χ1v) is 5.84. The van der Waals surface area contributed by atoms with E-state index in [4.69, 9.17) is 5.11 Å². The van der Waals surface area contributed by atoms with E-state index in [9.17, 15) is 4.79 Å². The molecule has 14 heavy (non-hydrogen) atoms. The fourth-order valence-corrected chi connectivity index (χ4v) is 3.04. The second-order valence-electron chi connectivity index (χ2n) is 2.80. The van der Waals surface area contributed by atoms with E-state index in [-0.39, 0.29) is 0 Å². The van der Waals surface area contributed by atoms with Gasteiger partial charge in [0, 0.05) is 9.75 Å². The van der Waals surface area contributed by atoms with Crippen LogP contribution in [0.1, 0.15) is 15.7 Å². The fourth-order valence-electron chi connectivity index (χ4n) is 1.29. The Morgan fingerprint density at radius 3 is 1.93 bits per heavy atom. The highest BCUT2D eigenvalue weighted by atomic mass is 32.1. The van der Waals surface area contributed by atoms with Crippen LogP contribution in [0.25, 0.3) is 0 Å². The maximum absolute atomic E-state index is 11.1. The zero-order chi connectivity index (χ0) is 9.97. The first-order valence-electron chi connectivity index (χ1n) is 4.08. The van der Waals surface area contributed by atoms with Crippen LogP contribution in [0.5, 0.6) is 0 Å². The van der Waals surface area contributed by atoms with Gasteiger partial charge in [0.05, 0.1) is 0 Å². The third-order valence-electron chi connectivity index (χ3n) is 1.90. The van der Waals surface area contributed by atoms with Crippen LogP contribution >= 0.6 is 22.7 Å². The quantitative estimate of drug-likeness (QED) is 0.870. The van der Waals surface area contributed by atoms with E-state index in [2.05, 4.69) is 0 Å². The van der Waals surface area contributed by atoms with Crippen LogP contribution in [-0.2, 0) is 4.79 Å². The summed E-state index contributed by atoms with van der Waals surface area (Å²) in [6.45, 7) is 0. The van der Waals surface area contributed by atoms with Crippen molar-refractivity contribution in [2.45, 2.75) is 5.92 Å². The number of hydrogen-bond donors (Lipinski definition) is 1. The van der Waals surface area contributed by atoms with Gasteiger partial charge in [0.15, 0.2) is 0 Å². The molecular formula is C10H8O2S2. The number of carbonyl (C=O) groups is 1. The highest BCUT2D eigenvalue weighted by Gasteiger charge is 2.23. The lowest BCUT2D eigenvalue weighted by atomic mass is 10.1. The molecule has 72 valence electrons. The molecule has 2 heterocycles. The summed E-state index contributed by atoms with van der Waals surface area (Å²) in [6.07, 6.45) is 0. The van der Waals surface area contributed by atoms with Crippen molar-refractivity contribution in [2.75, 3.05) is 0 Å². The molecule has 0 amide bonds. The number of rotatable bonds is 3. The molecule has 0 radical (unpaired) electrons. The molecule has 2 aromatic heterocycles. The number of carboxylic acids is 1. The van der Waals surface area contributed by atoms with Crippen LogP contribution in [0.3, 0.4) is 0 Å². The smallest absolute Gasteiger partial charge is 0.317 e. The van der Waals surface area contributed by atoms with Gasteiger partial charge in [0.2, 0.25) is 0 Å². The molecule has 0 saturated heterocycles. The van der Waals surface area contributed by atoms with Crippen LogP contribution in [0.2, 0.25) is 0 Å². The summed E-state index contributed by atoms with van der Waals surface area (Å²) >= 11 is 2.97. The monoisotopic (exact) mass is 224 g/mol. The van der Waals surface area contributed by atoms with Crippen molar-refractivity contribution in [1.82, 2.24) is 0 Å². The summed E-state index contributed by atoms with van der Waals surface area (Å²) in [5, 5.41) is 12.9. The van der Waals surface area contributed by atoms with Crippen LogP contribution in [0, 0.1) is 0 Å². The number of aliphatic carboxylic acids is 1. The van der Waals surface area contributed by atoms with Crippen molar-refractivity contribution in [3.8, 4) is 0 Å². The van der Waals surface area contributed by atoms with Crippen LogP contribution in [0.4, 0.5) is 0 Å². The zero-order valence-corrected chi connectivity index (χ0v) is 8.85. The molecule has 4 heteroatoms. The van der Waals surface area contributed by atoms with E-state index in [1.54, 1.807) is 0 Å². The van der Waals surface area contributed by atoms with E-state index in [1.165, 1.54) is 22.7 Å². The highest BCUT2D eigenvalue weighted by molar-refractivity contribution is 7.11. The Labute approximate surface area is 89.5 Å². The Hall–Kier alpha value is -1.13. The molecule has 0 aliphatic rings. The largest absolute Gasteiger partial charge is 0.480 e. The average molecular weight is 224 g/mol. The minimum absolute atomic E-state index is 0.491. The van der Waals surface area contributed by atoms with Gasteiger partial charge in [-0.1, -0.05) is 12.1 Å². The highest BCUT2D eigenvalue weighted by Crippen LogP contribution is 2.31. The molecule has 0 aliphatic heterocycles. The predicted molar refractivity (Wildman–Crippen MR) is 58.1 cm³/mol. The molecule has 0 bridgehead atoms. The van der Waals surface area contributed by atoms with Gasteiger partial charge in [-0.15, -0.1) is 22.7 Å². The molecule has 0 aromatic carbocycles. The summed E-state index contributed by atoms with van der Waals surface area (Å²) < 4.78 is 0. The molecule has 2 rings (SSSR count). The Balaban J connectivity index is 2.40. The van der Waals surface area contributed by atoms with Gasteiger partial charge in [-0.3, -0.25) is 4.79 Å². The number of hydrogen-bond acceptors (Lipinski definition) is 3. The minimum atomic E-state index is -0.782. The summed E-state index contributed by atoms with van der Waals surface area (Å²) in [5.41, 5.74) is 0. The molecule has 2 nitrogen and oxygen atoms in total. The summed E-state index contributed by atoms with van der Waals surface area (Å²) in [6, 6.07) is 7.49. The van der Waals surface area contributed by atoms with Gasteiger partial charge in [0.25, 0.3) is 0 Å². The van der Waals surface area contributed by atoms with E-state index < -0.39 is 11.9 Å². The Morgan fingerprint density at radius 1 is 1.14 bits per heavy atom. The van der Waals surface area contributed by atoms with Crippen molar-refractivity contribution in [2.24, 2.45) is 0 Å². The fraction of sp³-hybridized carbons (Fsp3) is 0.100. The first-order chi connectivity index (χ1) is 6.79. The molecular weight excluding hydrogens is 216 g/mol. The van der Waals surface area contributed by atoms with Crippen LogP contribution in [-0.4, -0.2) is 11.1 Å². The van der Waals surface area contributed by atoms with Gasteiger partial charge < -0.3 is 5.11 Å². The zero-order valence-electron chi connectivity index (χ0n) is 7.21. The van der Waals surface area contributed by atoms with E-state index >= 15 is 0 Å². The van der Waals surface area contributed by atoms with Gasteiger partial charge in [0.1, 0.15) is 5.92 Å². The average Bonchev–Trinajstić information content (AvgIpc) is 2.75. The molecule has 0 fully saturated rings. The minimum Gasteiger partial charge on any atom is -0.480 e. The van der Waals surface area contributed by atoms with Gasteiger partial charge >= 0.3 is 5.97 Å². The Kier molecular flexibility index (Phi) is 2.65. The maximum Gasteiger partial charge on any atom is 0.317 e. The lowest BCUT2D eigenvalue weighted by molar-refractivity contribution is -0.137. The molecule has 0 unspecified atom stereocenters. The van der Waals surface area contributed by atoms with Gasteiger partial charge in [-0.05, 0) is 22.9 Å². The normalized spacial score (nSPS) is 10.6. The van der Waals surface area contributed by atoms with Crippen molar-refractivity contribution in [3.05, 3.63) is 44.8 Å². The maximum atomic E-state index is 11.1. The van der Waals surface area contributed by atoms with E-state index in [0.717, 1.165) is 9.75 Å². The van der Waals surface area contributed by atoms with Crippen molar-refractivity contribution in [3.63, 3.8) is 0 Å². The summed E-state index contributed by atoms with van der Waals surface area (Å²) in [7, 11) is 0. The third-order valence-corrected chi connectivity index (χ3v) is 3.78. The Bertz CT molecular complexity index is 369. The lowest BCUT2D eigenvalue weighted by Crippen LogP contribution is -2.09. The van der Waals surface area contributed by atoms with Crippen molar-refractivity contribution in [1.29, 1.82) is 0 Å². The van der Waals surface area contributed by atoms with Crippen LogP contribution < -0.4 is 0 Å². The second kappa shape index (κ2) is 3.94. The standard InChI is InChI=1S/C10H8O2S2/c11-10(12)9(7-3-1-5-13-7)8-4-2-6-14-8/h1-6,9H,(H,11,12). The number of carboxylic acid groups (broad SMARTS) is 1. The molecule has 0 aliphatic carbocycles. The van der Waals surface area contributed by atoms with Crippen molar-refractivity contribution < 1.29 is 9.90 Å². The molecule has 0 atom stereocenters.